The summed E-state index contributed by atoms with van der Waals surface area (Å²) in [7, 11) is 0. The van der Waals surface area contributed by atoms with Gasteiger partial charge in [-0.1, -0.05) is 44.2 Å². The fourth-order valence-corrected chi connectivity index (χ4v) is 4.33. The van der Waals surface area contributed by atoms with Gasteiger partial charge in [-0.15, -0.1) is 0 Å². The highest BCUT2D eigenvalue weighted by Crippen LogP contribution is 2.14. The number of halogens is 2. The number of amides is 2. The molecule has 0 bridgehead atoms. The summed E-state index contributed by atoms with van der Waals surface area (Å²) < 4.78 is 27.7. The van der Waals surface area contributed by atoms with Crippen LogP contribution in [0, 0.1) is 11.6 Å². The van der Waals surface area contributed by atoms with Crippen LogP contribution in [0.5, 0.6) is 0 Å². The van der Waals surface area contributed by atoms with Gasteiger partial charge >= 0.3 is 0 Å². The number of rotatable bonds is 14. The monoisotopic (exact) mass is 538 g/mol. The molecule has 0 spiro atoms. The van der Waals surface area contributed by atoms with E-state index in [-0.39, 0.29) is 30.1 Å². The number of nitrogens with one attached hydrogen (secondary N) is 2. The van der Waals surface area contributed by atoms with E-state index in [2.05, 4.69) is 15.6 Å². The Kier molecular flexibility index (Phi) is 11.5. The van der Waals surface area contributed by atoms with Gasteiger partial charge in [-0.25, -0.2) is 8.78 Å². The molecule has 0 fully saturated rings. The van der Waals surface area contributed by atoms with Crippen LogP contribution in [0.25, 0.3) is 0 Å². The van der Waals surface area contributed by atoms with Crippen LogP contribution in [-0.4, -0.2) is 58.6 Å². The van der Waals surface area contributed by atoms with Gasteiger partial charge in [0.05, 0.1) is 12.1 Å². The Morgan fingerprint density at radius 3 is 2.26 bits per heavy atom. The molecule has 2 atom stereocenters. The van der Waals surface area contributed by atoms with Gasteiger partial charge in [-0.2, -0.15) is 0 Å². The molecule has 3 N–H and O–H groups in total. The Morgan fingerprint density at radius 1 is 0.949 bits per heavy atom. The van der Waals surface area contributed by atoms with E-state index in [1.54, 1.807) is 4.90 Å². The van der Waals surface area contributed by atoms with Crippen LogP contribution in [0.4, 0.5) is 8.78 Å². The second kappa shape index (κ2) is 15.0. The van der Waals surface area contributed by atoms with E-state index >= 15 is 0 Å². The van der Waals surface area contributed by atoms with Crippen LogP contribution in [0.2, 0.25) is 0 Å². The number of nitrogens with zero attached hydrogens (tertiary/aromatic N) is 2. The van der Waals surface area contributed by atoms with E-state index in [0.29, 0.717) is 25.2 Å². The van der Waals surface area contributed by atoms with Crippen molar-refractivity contribution in [2.24, 2.45) is 0 Å². The van der Waals surface area contributed by atoms with Gasteiger partial charge in [-0.05, 0) is 54.7 Å². The van der Waals surface area contributed by atoms with Gasteiger partial charge in [-0.3, -0.25) is 14.6 Å². The summed E-state index contributed by atoms with van der Waals surface area (Å²) in [5, 5.41) is 16.9. The molecule has 208 valence electrons. The molecule has 0 aliphatic carbocycles. The van der Waals surface area contributed by atoms with E-state index in [9.17, 15) is 23.5 Å². The quantitative estimate of drug-likeness (QED) is 0.287. The number of hydrogen-bond donors (Lipinski definition) is 3. The third kappa shape index (κ3) is 9.23. The number of aliphatic hydroxyl groups excluding tert-OH is 1. The van der Waals surface area contributed by atoms with Crippen LogP contribution in [0.1, 0.15) is 58.7 Å². The summed E-state index contributed by atoms with van der Waals surface area (Å²) in [5.41, 5.74) is 1.66. The Balaban J connectivity index is 1.76. The maximum absolute atomic E-state index is 13.8. The lowest BCUT2D eigenvalue weighted by Gasteiger charge is -2.25. The fourth-order valence-electron chi connectivity index (χ4n) is 4.33. The van der Waals surface area contributed by atoms with Crippen LogP contribution >= 0.6 is 0 Å². The summed E-state index contributed by atoms with van der Waals surface area (Å²) in [6.07, 6.45) is 1.91. The first-order valence-electron chi connectivity index (χ1n) is 13.2. The molecule has 39 heavy (non-hydrogen) atoms. The fraction of sp³-hybridized carbons (Fsp3) is 0.367. The zero-order valence-electron chi connectivity index (χ0n) is 22.4. The topological polar surface area (TPSA) is 94.6 Å². The highest BCUT2D eigenvalue weighted by Gasteiger charge is 2.24. The van der Waals surface area contributed by atoms with Crippen LogP contribution in [0.3, 0.4) is 0 Å². The number of hydrogen-bond acceptors (Lipinski definition) is 5. The van der Waals surface area contributed by atoms with Gasteiger partial charge in [0.15, 0.2) is 0 Å². The molecule has 1 heterocycles. The van der Waals surface area contributed by atoms with Gasteiger partial charge < -0.3 is 20.6 Å². The largest absolute Gasteiger partial charge is 0.390 e. The van der Waals surface area contributed by atoms with E-state index in [0.717, 1.165) is 24.5 Å². The molecule has 2 unspecified atom stereocenters. The average Bonchev–Trinajstić information content (AvgIpc) is 2.92. The minimum absolute atomic E-state index is 0.00769. The van der Waals surface area contributed by atoms with Crippen molar-refractivity contribution in [1.82, 2.24) is 20.5 Å². The van der Waals surface area contributed by atoms with Crippen LogP contribution < -0.4 is 10.6 Å². The highest BCUT2D eigenvalue weighted by molar-refractivity contribution is 5.98. The maximum Gasteiger partial charge on any atom is 0.272 e. The zero-order chi connectivity index (χ0) is 28.2. The number of pyridine rings is 1. The number of carbonyl (C=O) groups excluding carboxylic acids is 2. The lowest BCUT2D eigenvalue weighted by atomic mass is 10.00. The summed E-state index contributed by atoms with van der Waals surface area (Å²) >= 11 is 0. The molecule has 0 radical (unpaired) electrons. The highest BCUT2D eigenvalue weighted by atomic mass is 19.1. The van der Waals surface area contributed by atoms with Crippen molar-refractivity contribution in [2.45, 2.75) is 51.8 Å². The van der Waals surface area contributed by atoms with E-state index in [1.165, 1.54) is 30.5 Å². The SMILES string of the molecule is CCCN(CCC)C(=O)c1cc(C(=O)NC(Cc2cc(F)cc(F)c2)C(O)CNCc2ccccc2)ccn1. The van der Waals surface area contributed by atoms with Gasteiger partial charge in [0, 0.05) is 44.0 Å². The summed E-state index contributed by atoms with van der Waals surface area (Å²) in [6.45, 7) is 5.75. The van der Waals surface area contributed by atoms with Crippen molar-refractivity contribution >= 4 is 11.8 Å². The molecule has 7 nitrogen and oxygen atoms in total. The van der Waals surface area contributed by atoms with Crippen molar-refractivity contribution in [1.29, 1.82) is 0 Å². The summed E-state index contributed by atoms with van der Waals surface area (Å²) in [6, 6.07) is 14.8. The molecular formula is C30H36F2N4O3. The second-order valence-corrected chi connectivity index (χ2v) is 9.47. The Morgan fingerprint density at radius 2 is 1.62 bits per heavy atom. The third-order valence-corrected chi connectivity index (χ3v) is 6.20. The minimum atomic E-state index is -1.07. The molecular weight excluding hydrogens is 502 g/mol. The van der Waals surface area contributed by atoms with Gasteiger partial charge in [0.25, 0.3) is 11.8 Å². The smallest absolute Gasteiger partial charge is 0.272 e. The molecule has 1 aromatic heterocycles. The second-order valence-electron chi connectivity index (χ2n) is 9.47. The predicted octanol–water partition coefficient (Wildman–Crippen LogP) is 4.11. The summed E-state index contributed by atoms with van der Waals surface area (Å²) in [4.78, 5) is 32.1. The molecule has 2 aromatic carbocycles. The van der Waals surface area contributed by atoms with Crippen molar-refractivity contribution < 1.29 is 23.5 Å². The first-order chi connectivity index (χ1) is 18.8. The molecule has 0 aliphatic heterocycles. The maximum atomic E-state index is 13.8. The van der Waals surface area contributed by atoms with Gasteiger partial charge in [0.2, 0.25) is 0 Å². The van der Waals surface area contributed by atoms with Crippen molar-refractivity contribution in [3.63, 3.8) is 0 Å². The lowest BCUT2D eigenvalue weighted by Crippen LogP contribution is -2.48. The van der Waals surface area contributed by atoms with Crippen LogP contribution in [0.15, 0.2) is 66.9 Å². The minimum Gasteiger partial charge on any atom is -0.390 e. The standard InChI is InChI=1S/C30H36F2N4O3/c1-3-12-36(13-4-2)30(39)27-17-23(10-11-34-27)29(38)35-26(16-22-14-24(31)18-25(32)15-22)28(37)20-33-19-21-8-6-5-7-9-21/h5-11,14-15,17-18,26,28,33,37H,3-4,12-13,16,19-20H2,1-2H3,(H,35,38). The normalized spacial score (nSPS) is 12.5. The molecule has 2 amide bonds. The Bertz CT molecular complexity index is 1200. The molecule has 0 saturated heterocycles. The van der Waals surface area contributed by atoms with E-state index < -0.39 is 29.7 Å². The first kappa shape index (κ1) is 29.9. The third-order valence-electron chi connectivity index (χ3n) is 6.20. The predicted molar refractivity (Wildman–Crippen MR) is 146 cm³/mol. The average molecular weight is 539 g/mol. The number of aromatic nitrogens is 1. The van der Waals surface area contributed by atoms with Gasteiger partial charge in [0.1, 0.15) is 17.3 Å². The first-order valence-corrected chi connectivity index (χ1v) is 13.2. The summed E-state index contributed by atoms with van der Waals surface area (Å²) in [5.74, 6) is -2.28. The Labute approximate surface area is 228 Å². The molecule has 0 saturated carbocycles. The molecule has 3 rings (SSSR count). The number of aliphatic hydroxyl groups is 1. The lowest BCUT2D eigenvalue weighted by molar-refractivity contribution is 0.0749. The zero-order valence-corrected chi connectivity index (χ0v) is 22.4. The molecule has 3 aromatic rings. The van der Waals surface area contributed by atoms with E-state index in [1.807, 2.05) is 44.2 Å². The Hall–Kier alpha value is -3.69. The molecule has 9 heteroatoms. The van der Waals surface area contributed by atoms with Crippen molar-refractivity contribution in [3.05, 3.63) is 101 Å². The number of benzene rings is 2. The van der Waals surface area contributed by atoms with Crippen molar-refractivity contribution in [2.75, 3.05) is 19.6 Å². The van der Waals surface area contributed by atoms with Crippen LogP contribution in [-0.2, 0) is 13.0 Å². The van der Waals surface area contributed by atoms with Crippen molar-refractivity contribution in [3.8, 4) is 0 Å². The molecule has 0 aliphatic rings. The van der Waals surface area contributed by atoms with E-state index in [4.69, 9.17) is 0 Å². The number of carbonyl (C=O) groups is 2.